The van der Waals surface area contributed by atoms with E-state index < -0.39 is 0 Å². The zero-order chi connectivity index (χ0) is 14.8. The van der Waals surface area contributed by atoms with E-state index in [1.807, 2.05) is 48.7 Å². The number of aliphatic imine (C=N–C) groups is 1. The van der Waals surface area contributed by atoms with Gasteiger partial charge in [0, 0.05) is 5.39 Å². The molecule has 0 saturated carbocycles. The first kappa shape index (κ1) is 14.2. The molecular formula is C16H13NO2S2. The lowest BCUT2D eigenvalue weighted by atomic mass is 10.0. The number of fused-ring (bicyclic) bond motifs is 1. The van der Waals surface area contributed by atoms with Crippen LogP contribution in [0.1, 0.15) is 5.56 Å². The van der Waals surface area contributed by atoms with E-state index in [1.165, 1.54) is 23.5 Å². The quantitative estimate of drug-likeness (QED) is 0.779. The number of hydrogen-bond donors (Lipinski definition) is 0. The number of hydrogen-bond acceptors (Lipinski definition) is 5. The first-order valence-corrected chi connectivity index (χ1v) is 8.39. The van der Waals surface area contributed by atoms with Gasteiger partial charge in [-0.2, -0.15) is 0 Å². The molecule has 3 rings (SSSR count). The Bertz CT molecular complexity index is 781. The Morgan fingerprint density at radius 1 is 1.19 bits per heavy atom. The molecule has 2 aromatic rings. The lowest BCUT2D eigenvalue weighted by Gasteiger charge is -2.08. The number of carbonyl (C=O) groups is 1. The smallest absolute Gasteiger partial charge is 0.244 e. The van der Waals surface area contributed by atoms with Crippen molar-refractivity contribution in [2.24, 2.45) is 4.99 Å². The number of benzene rings is 2. The minimum Gasteiger partial charge on any atom is -0.496 e. The predicted octanol–water partition coefficient (Wildman–Crippen LogP) is 4.18. The highest BCUT2D eigenvalue weighted by atomic mass is 32.2. The van der Waals surface area contributed by atoms with Crippen molar-refractivity contribution in [2.45, 2.75) is 0 Å². The van der Waals surface area contributed by atoms with Crippen molar-refractivity contribution in [2.75, 3.05) is 13.4 Å². The third-order valence-corrected chi connectivity index (χ3v) is 5.06. The maximum Gasteiger partial charge on any atom is 0.244 e. The number of thioether (sulfide) groups is 2. The summed E-state index contributed by atoms with van der Waals surface area (Å²) in [6, 6.07) is 11.9. The first-order valence-electron chi connectivity index (χ1n) is 6.35. The van der Waals surface area contributed by atoms with E-state index in [9.17, 15) is 4.79 Å². The largest absolute Gasteiger partial charge is 0.496 e. The van der Waals surface area contributed by atoms with Gasteiger partial charge in [0.05, 0.1) is 7.11 Å². The second kappa shape index (κ2) is 5.95. The monoisotopic (exact) mass is 315 g/mol. The number of nitrogens with zero attached hydrogens (tertiary/aromatic N) is 1. The van der Waals surface area contributed by atoms with Gasteiger partial charge in [-0.1, -0.05) is 30.3 Å². The number of ether oxygens (including phenoxy) is 1. The molecule has 0 aliphatic carbocycles. The van der Waals surface area contributed by atoms with E-state index in [0.717, 1.165) is 26.5 Å². The molecule has 0 unspecified atom stereocenters. The molecule has 5 heteroatoms. The molecule has 0 radical (unpaired) electrons. The van der Waals surface area contributed by atoms with Gasteiger partial charge < -0.3 is 4.74 Å². The van der Waals surface area contributed by atoms with Crippen LogP contribution in [-0.2, 0) is 4.79 Å². The van der Waals surface area contributed by atoms with E-state index in [-0.39, 0.29) is 5.12 Å². The first-order chi connectivity index (χ1) is 10.2. The lowest BCUT2D eigenvalue weighted by Crippen LogP contribution is -1.90. The van der Waals surface area contributed by atoms with Crippen molar-refractivity contribution in [1.29, 1.82) is 0 Å². The van der Waals surface area contributed by atoms with Crippen LogP contribution in [0.25, 0.3) is 16.8 Å². The van der Waals surface area contributed by atoms with Crippen LogP contribution in [-0.4, -0.2) is 22.9 Å². The third-order valence-electron chi connectivity index (χ3n) is 3.21. The summed E-state index contributed by atoms with van der Waals surface area (Å²) in [4.78, 5) is 16.3. The average molecular weight is 315 g/mol. The molecule has 1 aliphatic heterocycles. The van der Waals surface area contributed by atoms with Gasteiger partial charge in [-0.15, -0.1) is 11.8 Å². The highest BCUT2D eigenvalue weighted by molar-refractivity contribution is 8.45. The van der Waals surface area contributed by atoms with E-state index in [2.05, 4.69) is 4.99 Å². The highest BCUT2D eigenvalue weighted by Gasteiger charge is 2.21. The Morgan fingerprint density at radius 2 is 1.95 bits per heavy atom. The maximum atomic E-state index is 11.9. The summed E-state index contributed by atoms with van der Waals surface area (Å²) in [5.41, 5.74) is 1.47. The average Bonchev–Trinajstić information content (AvgIpc) is 2.88. The number of methoxy groups -OCH3 is 1. The summed E-state index contributed by atoms with van der Waals surface area (Å²) in [6.07, 6.45) is 3.77. The van der Waals surface area contributed by atoms with Crippen LogP contribution in [0.5, 0.6) is 5.75 Å². The Labute approximate surface area is 131 Å². The van der Waals surface area contributed by atoms with E-state index in [0.29, 0.717) is 5.70 Å². The summed E-state index contributed by atoms with van der Waals surface area (Å²) >= 11 is 2.68. The van der Waals surface area contributed by atoms with Crippen LogP contribution in [0.4, 0.5) is 0 Å². The fraction of sp³-hybridized carbons (Fsp3) is 0.125. The lowest BCUT2D eigenvalue weighted by molar-refractivity contribution is -0.107. The van der Waals surface area contributed by atoms with E-state index >= 15 is 0 Å². The summed E-state index contributed by atoms with van der Waals surface area (Å²) in [5.74, 6) is 0.827. The van der Waals surface area contributed by atoms with E-state index in [4.69, 9.17) is 4.74 Å². The Kier molecular flexibility index (Phi) is 4.03. The normalized spacial score (nSPS) is 16.6. The summed E-state index contributed by atoms with van der Waals surface area (Å²) in [7, 11) is 1.66. The second-order valence-electron chi connectivity index (χ2n) is 4.40. The molecule has 0 aromatic heterocycles. The van der Waals surface area contributed by atoms with Crippen LogP contribution < -0.4 is 4.74 Å². The van der Waals surface area contributed by atoms with Gasteiger partial charge in [0.2, 0.25) is 5.12 Å². The standard InChI is InChI=1S/C16H13NO2S2/c1-19-14-8-7-10(11-5-3-4-6-12(11)14)9-13-15(18)21-16(17-13)20-2/h3-9H,1-2H3. The molecule has 0 amide bonds. The molecule has 1 aliphatic rings. The number of carbonyl (C=O) groups excluding carboxylic acids is 1. The van der Waals surface area contributed by atoms with Crippen LogP contribution in [0.15, 0.2) is 47.1 Å². The van der Waals surface area contributed by atoms with Gasteiger partial charge in [0.15, 0.2) is 0 Å². The van der Waals surface area contributed by atoms with Gasteiger partial charge in [-0.3, -0.25) is 4.79 Å². The molecular weight excluding hydrogens is 302 g/mol. The Balaban J connectivity index is 2.14. The zero-order valence-electron chi connectivity index (χ0n) is 11.6. The van der Waals surface area contributed by atoms with Crippen molar-refractivity contribution < 1.29 is 9.53 Å². The SMILES string of the molecule is COc1ccc(C=C2N=C(SC)SC2=O)c2ccccc12. The predicted molar refractivity (Wildman–Crippen MR) is 92.0 cm³/mol. The minimum absolute atomic E-state index is 0.000695. The molecule has 2 aromatic carbocycles. The van der Waals surface area contributed by atoms with Crippen molar-refractivity contribution in [3.63, 3.8) is 0 Å². The molecule has 21 heavy (non-hydrogen) atoms. The molecule has 0 spiro atoms. The van der Waals surface area contributed by atoms with Crippen LogP contribution in [0.2, 0.25) is 0 Å². The van der Waals surface area contributed by atoms with Crippen molar-refractivity contribution in [3.05, 3.63) is 47.7 Å². The second-order valence-corrected chi connectivity index (χ2v) is 6.42. The van der Waals surface area contributed by atoms with Crippen molar-refractivity contribution >= 4 is 49.9 Å². The minimum atomic E-state index is -0.000695. The van der Waals surface area contributed by atoms with Gasteiger partial charge in [-0.05, 0) is 41.1 Å². The van der Waals surface area contributed by atoms with Crippen LogP contribution in [0.3, 0.4) is 0 Å². The summed E-state index contributed by atoms with van der Waals surface area (Å²) in [6.45, 7) is 0. The molecule has 106 valence electrons. The summed E-state index contributed by atoms with van der Waals surface area (Å²) in [5, 5.41) is 2.08. The Morgan fingerprint density at radius 3 is 2.62 bits per heavy atom. The Hall–Kier alpha value is -1.72. The molecule has 0 N–H and O–H groups in total. The van der Waals surface area contributed by atoms with Crippen LogP contribution in [0, 0.1) is 0 Å². The zero-order valence-corrected chi connectivity index (χ0v) is 13.3. The fourth-order valence-corrected chi connectivity index (χ4v) is 3.48. The third kappa shape index (κ3) is 2.71. The van der Waals surface area contributed by atoms with Gasteiger partial charge >= 0.3 is 0 Å². The fourth-order valence-electron chi connectivity index (χ4n) is 2.22. The van der Waals surface area contributed by atoms with Crippen molar-refractivity contribution in [1.82, 2.24) is 0 Å². The molecule has 0 atom stereocenters. The van der Waals surface area contributed by atoms with E-state index in [1.54, 1.807) is 7.11 Å². The van der Waals surface area contributed by atoms with Gasteiger partial charge in [0.25, 0.3) is 0 Å². The number of rotatable bonds is 2. The molecule has 0 bridgehead atoms. The molecule has 3 nitrogen and oxygen atoms in total. The highest BCUT2D eigenvalue weighted by Crippen LogP contribution is 2.33. The van der Waals surface area contributed by atoms with Gasteiger partial charge in [-0.25, -0.2) is 4.99 Å². The topological polar surface area (TPSA) is 38.7 Å². The maximum absolute atomic E-state index is 11.9. The summed E-state index contributed by atoms with van der Waals surface area (Å²) < 4.78 is 6.18. The molecule has 0 fully saturated rings. The van der Waals surface area contributed by atoms with Crippen molar-refractivity contribution in [3.8, 4) is 5.75 Å². The van der Waals surface area contributed by atoms with Gasteiger partial charge in [0.1, 0.15) is 15.8 Å². The molecule has 1 heterocycles. The molecule has 0 saturated heterocycles. The van der Waals surface area contributed by atoms with Crippen LogP contribution >= 0.6 is 23.5 Å².